The topological polar surface area (TPSA) is 38.3 Å². The van der Waals surface area contributed by atoms with Gasteiger partial charge in [-0.2, -0.15) is 0 Å². The Balaban J connectivity index is 2.23. The quantitative estimate of drug-likeness (QED) is 0.932. The van der Waals surface area contributed by atoms with E-state index in [2.05, 4.69) is 5.32 Å². The van der Waals surface area contributed by atoms with Crippen LogP contribution >= 0.6 is 0 Å². The summed E-state index contributed by atoms with van der Waals surface area (Å²) in [7, 11) is 1.51. The van der Waals surface area contributed by atoms with Gasteiger partial charge in [-0.05, 0) is 31.2 Å². The Morgan fingerprint density at radius 3 is 2.40 bits per heavy atom. The van der Waals surface area contributed by atoms with Gasteiger partial charge in [0.15, 0.2) is 0 Å². The Labute approximate surface area is 115 Å². The number of carbonyl (C=O) groups excluding carboxylic acids is 1. The average Bonchev–Trinajstić information content (AvgIpc) is 2.44. The number of amides is 1. The Hall–Kier alpha value is -2.43. The summed E-state index contributed by atoms with van der Waals surface area (Å²) in [6.07, 6.45) is 0. The number of hydrogen-bond acceptors (Lipinski definition) is 2. The van der Waals surface area contributed by atoms with E-state index in [1.807, 2.05) is 0 Å². The smallest absolute Gasteiger partial charge is 0.255 e. The van der Waals surface area contributed by atoms with E-state index >= 15 is 0 Å². The first-order valence-corrected chi connectivity index (χ1v) is 5.92. The van der Waals surface area contributed by atoms with Gasteiger partial charge in [0.05, 0.1) is 7.11 Å². The van der Waals surface area contributed by atoms with Gasteiger partial charge in [-0.1, -0.05) is 6.07 Å². The van der Waals surface area contributed by atoms with Crippen molar-refractivity contribution in [1.29, 1.82) is 0 Å². The molecule has 2 aromatic carbocycles. The molecule has 104 valence electrons. The van der Waals surface area contributed by atoms with Gasteiger partial charge in [-0.15, -0.1) is 0 Å². The van der Waals surface area contributed by atoms with E-state index in [9.17, 15) is 13.6 Å². The van der Waals surface area contributed by atoms with Crippen LogP contribution in [-0.4, -0.2) is 13.0 Å². The molecular formula is C15H13F2NO2. The Kier molecular flexibility index (Phi) is 3.98. The van der Waals surface area contributed by atoms with Crippen LogP contribution in [0.1, 0.15) is 15.9 Å². The second kappa shape index (κ2) is 5.69. The number of ether oxygens (including phenoxy) is 1. The minimum Gasteiger partial charge on any atom is -0.497 e. The highest BCUT2D eigenvalue weighted by atomic mass is 19.1. The van der Waals surface area contributed by atoms with Crippen LogP contribution in [0.3, 0.4) is 0 Å². The van der Waals surface area contributed by atoms with E-state index in [1.165, 1.54) is 14.0 Å². The van der Waals surface area contributed by atoms with Gasteiger partial charge in [0.25, 0.3) is 5.91 Å². The van der Waals surface area contributed by atoms with Gasteiger partial charge in [0, 0.05) is 22.9 Å². The summed E-state index contributed by atoms with van der Waals surface area (Å²) >= 11 is 0. The number of carbonyl (C=O) groups is 1. The van der Waals surface area contributed by atoms with Gasteiger partial charge in [-0.25, -0.2) is 8.78 Å². The summed E-state index contributed by atoms with van der Waals surface area (Å²) in [5, 5.41) is 2.55. The predicted molar refractivity (Wildman–Crippen MR) is 72.0 cm³/mol. The molecule has 2 rings (SSSR count). The second-order valence-corrected chi connectivity index (χ2v) is 4.25. The number of methoxy groups -OCH3 is 1. The normalized spacial score (nSPS) is 10.2. The zero-order valence-electron chi connectivity index (χ0n) is 11.0. The molecule has 1 amide bonds. The molecule has 20 heavy (non-hydrogen) atoms. The third kappa shape index (κ3) is 2.93. The van der Waals surface area contributed by atoms with Gasteiger partial charge in [0.1, 0.15) is 17.4 Å². The number of rotatable bonds is 3. The van der Waals surface area contributed by atoms with Crippen molar-refractivity contribution in [3.63, 3.8) is 0 Å². The van der Waals surface area contributed by atoms with Crippen molar-refractivity contribution < 1.29 is 18.3 Å². The van der Waals surface area contributed by atoms with Crippen LogP contribution < -0.4 is 10.1 Å². The van der Waals surface area contributed by atoms with E-state index in [0.717, 1.165) is 12.1 Å². The molecule has 0 aliphatic carbocycles. The molecule has 0 heterocycles. The predicted octanol–water partition coefficient (Wildman–Crippen LogP) is 3.53. The standard InChI is InChI=1S/C15H13F2NO2/c1-9-13(16)6-10(7-14(9)17)15(19)18-11-4-3-5-12(8-11)20-2/h3-8H,1-2H3,(H,18,19). The van der Waals surface area contributed by atoms with Gasteiger partial charge >= 0.3 is 0 Å². The number of anilines is 1. The molecule has 0 spiro atoms. The Bertz CT molecular complexity index is 633. The Morgan fingerprint density at radius 1 is 1.15 bits per heavy atom. The second-order valence-electron chi connectivity index (χ2n) is 4.25. The van der Waals surface area contributed by atoms with Crippen LogP contribution in [0.2, 0.25) is 0 Å². The van der Waals surface area contributed by atoms with Gasteiger partial charge < -0.3 is 10.1 Å². The van der Waals surface area contributed by atoms with Crippen molar-refractivity contribution in [3.05, 3.63) is 59.2 Å². The zero-order valence-corrected chi connectivity index (χ0v) is 11.0. The fraction of sp³-hybridized carbons (Fsp3) is 0.133. The Morgan fingerprint density at radius 2 is 1.80 bits per heavy atom. The fourth-order valence-electron chi connectivity index (χ4n) is 1.68. The maximum Gasteiger partial charge on any atom is 0.255 e. The number of benzene rings is 2. The molecule has 3 nitrogen and oxygen atoms in total. The van der Waals surface area contributed by atoms with Gasteiger partial charge in [0.2, 0.25) is 0 Å². The maximum atomic E-state index is 13.4. The van der Waals surface area contributed by atoms with Crippen LogP contribution in [0.25, 0.3) is 0 Å². The molecule has 0 aliphatic heterocycles. The van der Waals surface area contributed by atoms with Crippen LogP contribution in [-0.2, 0) is 0 Å². The maximum absolute atomic E-state index is 13.4. The third-order valence-electron chi connectivity index (χ3n) is 2.87. The lowest BCUT2D eigenvalue weighted by Crippen LogP contribution is -2.13. The summed E-state index contributed by atoms with van der Waals surface area (Å²) in [5.74, 6) is -1.51. The summed E-state index contributed by atoms with van der Waals surface area (Å²) < 4.78 is 31.9. The van der Waals surface area contributed by atoms with Crippen molar-refractivity contribution in [1.82, 2.24) is 0 Å². The molecule has 0 radical (unpaired) electrons. The first kappa shape index (κ1) is 14.0. The summed E-state index contributed by atoms with van der Waals surface area (Å²) in [4.78, 5) is 11.9. The van der Waals surface area contributed by atoms with E-state index in [-0.39, 0.29) is 11.1 Å². The molecule has 2 aromatic rings. The number of halogens is 2. The third-order valence-corrected chi connectivity index (χ3v) is 2.87. The summed E-state index contributed by atoms with van der Waals surface area (Å²) in [6, 6.07) is 8.70. The molecule has 0 unspecified atom stereocenters. The molecular weight excluding hydrogens is 264 g/mol. The highest BCUT2D eigenvalue weighted by molar-refractivity contribution is 6.04. The molecule has 0 saturated carbocycles. The fourth-order valence-corrected chi connectivity index (χ4v) is 1.68. The highest BCUT2D eigenvalue weighted by Crippen LogP contribution is 2.19. The minimum atomic E-state index is -0.749. The molecule has 0 aromatic heterocycles. The van der Waals surface area contributed by atoms with Crippen LogP contribution in [0, 0.1) is 18.6 Å². The SMILES string of the molecule is COc1cccc(NC(=O)c2cc(F)c(C)c(F)c2)c1. The minimum absolute atomic E-state index is 0.0755. The zero-order chi connectivity index (χ0) is 14.7. The molecule has 1 N–H and O–H groups in total. The first-order valence-electron chi connectivity index (χ1n) is 5.92. The lowest BCUT2D eigenvalue weighted by molar-refractivity contribution is 0.102. The van der Waals surface area contributed by atoms with Crippen LogP contribution in [0.15, 0.2) is 36.4 Å². The largest absolute Gasteiger partial charge is 0.497 e. The molecule has 0 fully saturated rings. The summed E-state index contributed by atoms with van der Waals surface area (Å²) in [5.41, 5.74) is 0.298. The van der Waals surface area contributed by atoms with Crippen molar-refractivity contribution >= 4 is 11.6 Å². The molecule has 0 atom stereocenters. The monoisotopic (exact) mass is 277 g/mol. The number of hydrogen-bond donors (Lipinski definition) is 1. The number of nitrogens with one attached hydrogen (secondary N) is 1. The molecule has 0 aliphatic rings. The lowest BCUT2D eigenvalue weighted by atomic mass is 10.1. The van der Waals surface area contributed by atoms with Gasteiger partial charge in [-0.3, -0.25) is 4.79 Å². The van der Waals surface area contributed by atoms with Crippen molar-refractivity contribution in [2.24, 2.45) is 0 Å². The van der Waals surface area contributed by atoms with E-state index < -0.39 is 17.5 Å². The van der Waals surface area contributed by atoms with E-state index in [1.54, 1.807) is 24.3 Å². The van der Waals surface area contributed by atoms with Crippen molar-refractivity contribution in [3.8, 4) is 5.75 Å². The van der Waals surface area contributed by atoms with Crippen LogP contribution in [0.5, 0.6) is 5.75 Å². The average molecular weight is 277 g/mol. The summed E-state index contributed by atoms with van der Waals surface area (Å²) in [6.45, 7) is 1.31. The first-order chi connectivity index (χ1) is 9.51. The lowest BCUT2D eigenvalue weighted by Gasteiger charge is -2.08. The highest BCUT2D eigenvalue weighted by Gasteiger charge is 2.12. The molecule has 0 bridgehead atoms. The molecule has 0 saturated heterocycles. The van der Waals surface area contributed by atoms with E-state index in [4.69, 9.17) is 4.74 Å². The van der Waals surface area contributed by atoms with Crippen molar-refractivity contribution in [2.75, 3.05) is 12.4 Å². The van der Waals surface area contributed by atoms with Crippen LogP contribution in [0.4, 0.5) is 14.5 Å². The molecule has 5 heteroatoms. The van der Waals surface area contributed by atoms with Crippen molar-refractivity contribution in [2.45, 2.75) is 6.92 Å². The van der Waals surface area contributed by atoms with E-state index in [0.29, 0.717) is 11.4 Å².